The van der Waals surface area contributed by atoms with Crippen LogP contribution in [0.3, 0.4) is 0 Å². The zero-order valence-electron chi connectivity index (χ0n) is 8.14. The summed E-state index contributed by atoms with van der Waals surface area (Å²) in [6.07, 6.45) is 0. The lowest BCUT2D eigenvalue weighted by Crippen LogP contribution is -1.97. The molecule has 0 spiro atoms. The molecule has 0 saturated heterocycles. The second-order valence-electron chi connectivity index (χ2n) is 3.18. The van der Waals surface area contributed by atoms with E-state index < -0.39 is 0 Å². The maximum Gasteiger partial charge on any atom is 0.0931 e. The summed E-state index contributed by atoms with van der Waals surface area (Å²) in [5.41, 5.74) is 1.07. The highest BCUT2D eigenvalue weighted by atomic mass is 79.9. The Kier molecular flexibility index (Phi) is 4.30. The van der Waals surface area contributed by atoms with Crippen molar-refractivity contribution in [2.75, 3.05) is 5.32 Å². The first-order chi connectivity index (χ1) is 7.65. The fourth-order valence-corrected chi connectivity index (χ4v) is 3.04. The van der Waals surface area contributed by atoms with E-state index in [0.29, 0.717) is 0 Å². The summed E-state index contributed by atoms with van der Waals surface area (Å²) in [6, 6.07) is 10.00. The largest absolute Gasteiger partial charge is 0.379 e. The fourth-order valence-electron chi connectivity index (χ4n) is 1.26. The van der Waals surface area contributed by atoms with Crippen LogP contribution in [0.2, 0.25) is 4.34 Å². The normalized spacial score (nSPS) is 10.4. The van der Waals surface area contributed by atoms with Gasteiger partial charge >= 0.3 is 0 Å². The van der Waals surface area contributed by atoms with Crippen LogP contribution in [0.5, 0.6) is 0 Å². The van der Waals surface area contributed by atoms with E-state index in [4.69, 9.17) is 11.6 Å². The van der Waals surface area contributed by atoms with Gasteiger partial charge < -0.3 is 5.32 Å². The summed E-state index contributed by atoms with van der Waals surface area (Å²) in [5.74, 6) is 0. The Morgan fingerprint density at radius 1 is 1.19 bits per heavy atom. The molecule has 0 radical (unpaired) electrons. The summed E-state index contributed by atoms with van der Waals surface area (Å²) in [4.78, 5) is 1.22. The molecule has 5 heteroatoms. The van der Waals surface area contributed by atoms with Gasteiger partial charge in [-0.05, 0) is 46.3 Å². The predicted octanol–water partition coefficient (Wildman–Crippen LogP) is 5.54. The number of rotatable bonds is 3. The molecule has 0 aliphatic rings. The summed E-state index contributed by atoms with van der Waals surface area (Å²) < 4.78 is 2.94. The van der Waals surface area contributed by atoms with E-state index in [9.17, 15) is 0 Å². The number of anilines is 1. The Labute approximate surface area is 120 Å². The van der Waals surface area contributed by atoms with Gasteiger partial charge in [0.15, 0.2) is 0 Å². The smallest absolute Gasteiger partial charge is 0.0931 e. The number of thiophene rings is 1. The SMILES string of the molecule is Clc1ccc(CNc2cc(Br)ccc2Br)s1. The number of halogens is 3. The summed E-state index contributed by atoms with van der Waals surface area (Å²) >= 11 is 14.4. The van der Waals surface area contributed by atoms with E-state index in [1.807, 2.05) is 30.3 Å². The van der Waals surface area contributed by atoms with Crippen molar-refractivity contribution >= 4 is 60.5 Å². The van der Waals surface area contributed by atoms with Crippen molar-refractivity contribution in [2.24, 2.45) is 0 Å². The van der Waals surface area contributed by atoms with Crippen molar-refractivity contribution < 1.29 is 0 Å². The third kappa shape index (κ3) is 3.23. The first kappa shape index (κ1) is 12.4. The minimum atomic E-state index is 0.784. The fraction of sp³-hybridized carbons (Fsp3) is 0.0909. The van der Waals surface area contributed by atoms with Crippen molar-refractivity contribution in [1.29, 1.82) is 0 Å². The number of benzene rings is 1. The average Bonchev–Trinajstić information content (AvgIpc) is 2.66. The Hall–Kier alpha value is -0.0300. The van der Waals surface area contributed by atoms with Gasteiger partial charge in [-0.2, -0.15) is 0 Å². The average molecular weight is 382 g/mol. The Morgan fingerprint density at radius 2 is 2.00 bits per heavy atom. The molecule has 1 N–H and O–H groups in total. The van der Waals surface area contributed by atoms with Crippen molar-refractivity contribution in [2.45, 2.75) is 6.54 Å². The second-order valence-corrected chi connectivity index (χ2v) is 6.75. The van der Waals surface area contributed by atoms with Crippen molar-refractivity contribution in [1.82, 2.24) is 0 Å². The Bertz CT molecular complexity index is 498. The molecule has 0 bridgehead atoms. The molecular formula is C11H8Br2ClNS. The van der Waals surface area contributed by atoms with E-state index in [-0.39, 0.29) is 0 Å². The number of nitrogens with one attached hydrogen (secondary N) is 1. The zero-order valence-corrected chi connectivity index (χ0v) is 12.9. The van der Waals surface area contributed by atoms with Gasteiger partial charge in [0.2, 0.25) is 0 Å². The molecule has 0 aliphatic carbocycles. The van der Waals surface area contributed by atoms with Crippen molar-refractivity contribution in [3.8, 4) is 0 Å². The third-order valence-corrected chi connectivity index (χ3v) is 4.43. The van der Waals surface area contributed by atoms with Crippen LogP contribution < -0.4 is 5.32 Å². The molecule has 1 nitrogen and oxygen atoms in total. The van der Waals surface area contributed by atoms with E-state index in [0.717, 1.165) is 25.5 Å². The monoisotopic (exact) mass is 379 g/mol. The van der Waals surface area contributed by atoms with Gasteiger partial charge in [0.05, 0.1) is 4.34 Å². The topological polar surface area (TPSA) is 12.0 Å². The van der Waals surface area contributed by atoms with Gasteiger partial charge in [-0.15, -0.1) is 11.3 Å². The lowest BCUT2D eigenvalue weighted by atomic mass is 10.3. The van der Waals surface area contributed by atoms with Gasteiger partial charge in [0.1, 0.15) is 0 Å². The quantitative estimate of drug-likeness (QED) is 0.736. The number of hydrogen-bond acceptors (Lipinski definition) is 2. The van der Waals surface area contributed by atoms with Crippen LogP contribution in [0.4, 0.5) is 5.69 Å². The maximum atomic E-state index is 5.87. The van der Waals surface area contributed by atoms with Crippen LogP contribution in [0, 0.1) is 0 Å². The molecule has 1 heterocycles. The Morgan fingerprint density at radius 3 is 2.69 bits per heavy atom. The van der Waals surface area contributed by atoms with Gasteiger partial charge in [0, 0.05) is 26.1 Å². The van der Waals surface area contributed by atoms with Crippen LogP contribution in [0.1, 0.15) is 4.88 Å². The molecule has 84 valence electrons. The van der Waals surface area contributed by atoms with E-state index in [1.165, 1.54) is 4.88 Å². The predicted molar refractivity (Wildman–Crippen MR) is 78.5 cm³/mol. The minimum absolute atomic E-state index is 0.784. The lowest BCUT2D eigenvalue weighted by Gasteiger charge is -2.07. The molecule has 1 aromatic heterocycles. The standard InChI is InChI=1S/C11H8Br2ClNS/c12-7-1-3-9(13)10(5-7)15-6-8-2-4-11(14)16-8/h1-5,15H,6H2. The molecule has 0 fully saturated rings. The molecule has 0 amide bonds. The summed E-state index contributed by atoms with van der Waals surface area (Å²) in [7, 11) is 0. The van der Waals surface area contributed by atoms with Gasteiger partial charge in [-0.3, -0.25) is 0 Å². The Balaban J connectivity index is 2.07. The molecule has 0 unspecified atom stereocenters. The van der Waals surface area contributed by atoms with Crippen molar-refractivity contribution in [3.05, 3.63) is 48.5 Å². The highest BCUT2D eigenvalue weighted by molar-refractivity contribution is 9.11. The molecular weight excluding hydrogens is 373 g/mol. The van der Waals surface area contributed by atoms with Crippen LogP contribution in [0.25, 0.3) is 0 Å². The van der Waals surface area contributed by atoms with E-state index >= 15 is 0 Å². The van der Waals surface area contributed by atoms with Crippen LogP contribution in [-0.2, 0) is 6.54 Å². The lowest BCUT2D eigenvalue weighted by molar-refractivity contribution is 1.19. The highest BCUT2D eigenvalue weighted by Crippen LogP contribution is 2.28. The third-order valence-electron chi connectivity index (χ3n) is 2.01. The van der Waals surface area contributed by atoms with Crippen LogP contribution in [0.15, 0.2) is 39.3 Å². The first-order valence-electron chi connectivity index (χ1n) is 4.58. The number of hydrogen-bond donors (Lipinski definition) is 1. The van der Waals surface area contributed by atoms with Gasteiger partial charge in [0.25, 0.3) is 0 Å². The van der Waals surface area contributed by atoms with E-state index in [2.05, 4.69) is 37.2 Å². The van der Waals surface area contributed by atoms with Gasteiger partial charge in [-0.25, -0.2) is 0 Å². The molecule has 0 aliphatic heterocycles. The summed E-state index contributed by atoms with van der Waals surface area (Å²) in [5, 5.41) is 3.36. The van der Waals surface area contributed by atoms with Crippen molar-refractivity contribution in [3.63, 3.8) is 0 Å². The van der Waals surface area contributed by atoms with Crippen LogP contribution in [-0.4, -0.2) is 0 Å². The molecule has 2 aromatic rings. The highest BCUT2D eigenvalue weighted by Gasteiger charge is 2.02. The zero-order chi connectivity index (χ0) is 11.5. The molecule has 1 aromatic carbocycles. The molecule has 0 saturated carbocycles. The first-order valence-corrected chi connectivity index (χ1v) is 7.36. The van der Waals surface area contributed by atoms with Crippen LogP contribution >= 0.6 is 54.8 Å². The van der Waals surface area contributed by atoms with E-state index in [1.54, 1.807) is 11.3 Å². The minimum Gasteiger partial charge on any atom is -0.379 e. The molecule has 2 rings (SSSR count). The molecule has 16 heavy (non-hydrogen) atoms. The second kappa shape index (κ2) is 5.54. The maximum absolute atomic E-state index is 5.87. The summed E-state index contributed by atoms with van der Waals surface area (Å²) in [6.45, 7) is 0.784. The molecule has 0 atom stereocenters. The van der Waals surface area contributed by atoms with Gasteiger partial charge in [-0.1, -0.05) is 27.5 Å².